The van der Waals surface area contributed by atoms with Crippen molar-refractivity contribution in [1.29, 1.82) is 0 Å². The van der Waals surface area contributed by atoms with Gasteiger partial charge in [-0.2, -0.15) is 0 Å². The SMILES string of the molecule is NC(CNCCc1ccc(Cl)cc1)C(=O)O. The van der Waals surface area contributed by atoms with Crippen LogP contribution in [0.1, 0.15) is 5.56 Å². The Hall–Kier alpha value is -1.10. The quantitative estimate of drug-likeness (QED) is 0.648. The molecule has 5 heteroatoms. The Morgan fingerprint density at radius 3 is 2.62 bits per heavy atom. The van der Waals surface area contributed by atoms with Crippen LogP contribution in [0.3, 0.4) is 0 Å². The molecule has 1 rings (SSSR count). The van der Waals surface area contributed by atoms with Gasteiger partial charge in [0, 0.05) is 11.6 Å². The van der Waals surface area contributed by atoms with E-state index >= 15 is 0 Å². The lowest BCUT2D eigenvalue weighted by Crippen LogP contribution is -2.40. The maximum Gasteiger partial charge on any atom is 0.321 e. The molecule has 0 saturated heterocycles. The molecule has 1 aromatic rings. The molecule has 1 unspecified atom stereocenters. The number of carboxylic acids is 1. The van der Waals surface area contributed by atoms with Crippen molar-refractivity contribution >= 4 is 17.6 Å². The molecular weight excluding hydrogens is 228 g/mol. The molecule has 0 spiro atoms. The predicted octanol–water partition coefficient (Wildman–Crippen LogP) is 0.884. The largest absolute Gasteiger partial charge is 0.480 e. The summed E-state index contributed by atoms with van der Waals surface area (Å²) in [5, 5.41) is 12.3. The van der Waals surface area contributed by atoms with Crippen LogP contribution in [0.25, 0.3) is 0 Å². The summed E-state index contributed by atoms with van der Waals surface area (Å²) in [6.07, 6.45) is 0.823. The van der Waals surface area contributed by atoms with Crippen LogP contribution in [0.15, 0.2) is 24.3 Å². The lowest BCUT2D eigenvalue weighted by Gasteiger charge is -2.08. The molecule has 16 heavy (non-hydrogen) atoms. The molecule has 0 heterocycles. The highest BCUT2D eigenvalue weighted by Crippen LogP contribution is 2.09. The Labute approximate surface area is 99.4 Å². The highest BCUT2D eigenvalue weighted by molar-refractivity contribution is 6.30. The van der Waals surface area contributed by atoms with Crippen molar-refractivity contribution in [3.63, 3.8) is 0 Å². The second kappa shape index (κ2) is 6.48. The van der Waals surface area contributed by atoms with Gasteiger partial charge < -0.3 is 16.2 Å². The lowest BCUT2D eigenvalue weighted by molar-refractivity contribution is -0.138. The molecule has 1 atom stereocenters. The molecular formula is C11H15ClN2O2. The van der Waals surface area contributed by atoms with Gasteiger partial charge in [0.15, 0.2) is 0 Å². The molecule has 1 aromatic carbocycles. The van der Waals surface area contributed by atoms with Gasteiger partial charge in [-0.3, -0.25) is 4.79 Å². The van der Waals surface area contributed by atoms with E-state index in [9.17, 15) is 4.79 Å². The van der Waals surface area contributed by atoms with Crippen molar-refractivity contribution in [3.8, 4) is 0 Å². The Bertz CT molecular complexity index is 340. The third-order valence-corrected chi connectivity index (χ3v) is 2.44. The minimum atomic E-state index is -0.987. The van der Waals surface area contributed by atoms with Gasteiger partial charge in [-0.1, -0.05) is 23.7 Å². The number of carboxylic acid groups (broad SMARTS) is 1. The molecule has 0 aliphatic heterocycles. The molecule has 4 nitrogen and oxygen atoms in total. The Morgan fingerprint density at radius 2 is 2.06 bits per heavy atom. The van der Waals surface area contributed by atoms with Crippen molar-refractivity contribution in [2.75, 3.05) is 13.1 Å². The summed E-state index contributed by atoms with van der Waals surface area (Å²) in [4.78, 5) is 10.4. The Morgan fingerprint density at radius 1 is 1.44 bits per heavy atom. The number of halogens is 1. The fraction of sp³-hybridized carbons (Fsp3) is 0.364. The van der Waals surface area contributed by atoms with Crippen molar-refractivity contribution in [3.05, 3.63) is 34.9 Å². The van der Waals surface area contributed by atoms with Gasteiger partial charge in [0.05, 0.1) is 0 Å². The van der Waals surface area contributed by atoms with Crippen LogP contribution >= 0.6 is 11.6 Å². The second-order valence-corrected chi connectivity index (χ2v) is 3.96. The highest BCUT2D eigenvalue weighted by atomic mass is 35.5. The van der Waals surface area contributed by atoms with E-state index in [0.29, 0.717) is 11.6 Å². The van der Waals surface area contributed by atoms with Gasteiger partial charge in [0.25, 0.3) is 0 Å². The maximum absolute atomic E-state index is 10.4. The third kappa shape index (κ3) is 4.61. The third-order valence-electron chi connectivity index (χ3n) is 2.19. The first-order valence-corrected chi connectivity index (χ1v) is 5.41. The van der Waals surface area contributed by atoms with E-state index in [1.54, 1.807) is 0 Å². The lowest BCUT2D eigenvalue weighted by atomic mass is 10.1. The van der Waals surface area contributed by atoms with E-state index in [4.69, 9.17) is 22.4 Å². The molecule has 0 fully saturated rings. The Balaban J connectivity index is 2.21. The number of benzene rings is 1. The van der Waals surface area contributed by atoms with E-state index < -0.39 is 12.0 Å². The summed E-state index contributed by atoms with van der Waals surface area (Å²) >= 11 is 5.75. The second-order valence-electron chi connectivity index (χ2n) is 3.53. The Kier molecular flexibility index (Phi) is 5.25. The number of hydrogen-bond donors (Lipinski definition) is 3. The van der Waals surface area contributed by atoms with Gasteiger partial charge in [-0.15, -0.1) is 0 Å². The fourth-order valence-corrected chi connectivity index (χ4v) is 1.35. The standard InChI is InChI=1S/C11H15ClN2O2/c12-9-3-1-8(2-4-9)5-6-14-7-10(13)11(15)16/h1-4,10,14H,5-7,13H2,(H,15,16). The first-order valence-electron chi connectivity index (χ1n) is 5.03. The summed E-state index contributed by atoms with van der Waals surface area (Å²) in [5.74, 6) is -0.987. The average molecular weight is 243 g/mol. The summed E-state index contributed by atoms with van der Waals surface area (Å²) in [6, 6.07) is 6.72. The molecule has 0 radical (unpaired) electrons. The van der Waals surface area contributed by atoms with Crippen LogP contribution < -0.4 is 11.1 Å². The van der Waals surface area contributed by atoms with Gasteiger partial charge in [0.2, 0.25) is 0 Å². The number of nitrogens with two attached hydrogens (primary N) is 1. The molecule has 0 aromatic heterocycles. The summed E-state index contributed by atoms with van der Waals surface area (Å²) in [6.45, 7) is 0.978. The predicted molar refractivity (Wildman–Crippen MR) is 63.6 cm³/mol. The van der Waals surface area contributed by atoms with E-state index in [0.717, 1.165) is 12.0 Å². The average Bonchev–Trinajstić information content (AvgIpc) is 2.26. The van der Waals surface area contributed by atoms with Crippen LogP contribution in [0, 0.1) is 0 Å². The zero-order valence-corrected chi connectivity index (χ0v) is 9.57. The fourth-order valence-electron chi connectivity index (χ4n) is 1.23. The van der Waals surface area contributed by atoms with Crippen molar-refractivity contribution in [2.24, 2.45) is 5.73 Å². The zero-order chi connectivity index (χ0) is 12.0. The van der Waals surface area contributed by atoms with Crippen molar-refractivity contribution in [2.45, 2.75) is 12.5 Å². The molecule has 0 amide bonds. The summed E-state index contributed by atoms with van der Waals surface area (Å²) < 4.78 is 0. The molecule has 0 aliphatic carbocycles. The summed E-state index contributed by atoms with van der Waals surface area (Å²) in [7, 11) is 0. The molecule has 88 valence electrons. The first kappa shape index (κ1) is 13.0. The zero-order valence-electron chi connectivity index (χ0n) is 8.82. The van der Waals surface area contributed by atoms with Crippen molar-refractivity contribution in [1.82, 2.24) is 5.32 Å². The number of carbonyl (C=O) groups is 1. The number of aliphatic carboxylic acids is 1. The van der Waals surface area contributed by atoms with E-state index in [-0.39, 0.29) is 6.54 Å². The minimum absolute atomic E-state index is 0.281. The van der Waals surface area contributed by atoms with Gasteiger partial charge in [-0.25, -0.2) is 0 Å². The van der Waals surface area contributed by atoms with E-state index in [1.165, 1.54) is 0 Å². The monoisotopic (exact) mass is 242 g/mol. The topological polar surface area (TPSA) is 75.3 Å². The molecule has 0 saturated carbocycles. The molecule has 0 bridgehead atoms. The maximum atomic E-state index is 10.4. The molecule has 4 N–H and O–H groups in total. The number of hydrogen-bond acceptors (Lipinski definition) is 3. The number of nitrogens with one attached hydrogen (secondary N) is 1. The van der Waals surface area contributed by atoms with Crippen molar-refractivity contribution < 1.29 is 9.90 Å². The van der Waals surface area contributed by atoms with Gasteiger partial charge >= 0.3 is 5.97 Å². The normalized spacial score (nSPS) is 12.4. The minimum Gasteiger partial charge on any atom is -0.480 e. The van der Waals surface area contributed by atoms with Gasteiger partial charge in [0.1, 0.15) is 6.04 Å². The van der Waals surface area contributed by atoms with Crippen LogP contribution in [0.5, 0.6) is 0 Å². The summed E-state index contributed by atoms with van der Waals surface area (Å²) in [5.41, 5.74) is 6.49. The first-order chi connectivity index (χ1) is 7.59. The smallest absolute Gasteiger partial charge is 0.321 e. The highest BCUT2D eigenvalue weighted by Gasteiger charge is 2.09. The van der Waals surface area contributed by atoms with E-state index in [2.05, 4.69) is 5.32 Å². The van der Waals surface area contributed by atoms with Crippen LogP contribution in [0.2, 0.25) is 5.02 Å². The van der Waals surface area contributed by atoms with E-state index in [1.807, 2.05) is 24.3 Å². The van der Waals surface area contributed by atoms with Gasteiger partial charge in [-0.05, 0) is 30.7 Å². The van der Waals surface area contributed by atoms with Crippen LogP contribution in [-0.4, -0.2) is 30.2 Å². The van der Waals surface area contributed by atoms with Crippen LogP contribution in [-0.2, 0) is 11.2 Å². The van der Waals surface area contributed by atoms with Crippen LogP contribution in [0.4, 0.5) is 0 Å². The number of rotatable bonds is 6. The molecule has 0 aliphatic rings.